The van der Waals surface area contributed by atoms with Crippen LogP contribution >= 0.6 is 0 Å². The van der Waals surface area contributed by atoms with Crippen LogP contribution < -0.4 is 0 Å². The van der Waals surface area contributed by atoms with Gasteiger partial charge in [-0.3, -0.25) is 0 Å². The zero-order valence-corrected chi connectivity index (χ0v) is 17.5. The first kappa shape index (κ1) is 18.6. The number of rotatable bonds is 4. The van der Waals surface area contributed by atoms with E-state index in [4.69, 9.17) is 14.4 Å². The van der Waals surface area contributed by atoms with Crippen molar-refractivity contribution in [3.8, 4) is 22.4 Å². The third-order valence-electron chi connectivity index (χ3n) is 5.91. The summed E-state index contributed by atoms with van der Waals surface area (Å²) in [5.74, 6) is 1.51. The van der Waals surface area contributed by atoms with Crippen LogP contribution in [0.1, 0.15) is 32.5 Å². The summed E-state index contributed by atoms with van der Waals surface area (Å²) >= 11 is 0. The average Bonchev–Trinajstić information content (AvgIpc) is 3.17. The van der Waals surface area contributed by atoms with Crippen LogP contribution in [0.5, 0.6) is 0 Å². The number of furan rings is 1. The van der Waals surface area contributed by atoms with Crippen LogP contribution in [0.4, 0.5) is 0 Å². The molecule has 0 N–H and O–H groups in total. The second-order valence-corrected chi connectivity index (χ2v) is 8.19. The molecule has 0 saturated carbocycles. The fourth-order valence-corrected chi connectivity index (χ4v) is 3.83. The molecular weight excluding hydrogens is 368 g/mol. The van der Waals surface area contributed by atoms with Gasteiger partial charge < -0.3 is 4.42 Å². The van der Waals surface area contributed by atoms with Gasteiger partial charge in [0, 0.05) is 16.9 Å². The Hall–Kier alpha value is -3.46. The van der Waals surface area contributed by atoms with Crippen LogP contribution in [0, 0.1) is 5.92 Å². The molecule has 148 valence electrons. The van der Waals surface area contributed by atoms with Crippen LogP contribution in [-0.2, 0) is 0 Å². The van der Waals surface area contributed by atoms with E-state index >= 15 is 0 Å². The monoisotopic (exact) mass is 392 g/mol. The van der Waals surface area contributed by atoms with Crippen molar-refractivity contribution in [1.29, 1.82) is 0 Å². The molecule has 5 aromatic rings. The van der Waals surface area contributed by atoms with E-state index in [0.717, 1.165) is 33.4 Å². The van der Waals surface area contributed by atoms with Crippen LogP contribution in [0.2, 0.25) is 0 Å². The summed E-state index contributed by atoms with van der Waals surface area (Å²) in [5.41, 5.74) is 5.88. The topological polar surface area (TPSA) is 38.9 Å². The first-order chi connectivity index (χ1) is 14.6. The second-order valence-electron chi connectivity index (χ2n) is 8.19. The molecule has 2 heterocycles. The SMILES string of the molecule is CC(C)C(C)c1nc(-c2cccc(-c3ccccc3)c2)c2c(n1)oc1ccccc12. The van der Waals surface area contributed by atoms with Crippen LogP contribution in [-0.4, -0.2) is 9.97 Å². The highest BCUT2D eigenvalue weighted by molar-refractivity contribution is 6.10. The lowest BCUT2D eigenvalue weighted by molar-refractivity contribution is 0.508. The lowest BCUT2D eigenvalue weighted by Gasteiger charge is -2.15. The minimum Gasteiger partial charge on any atom is -0.438 e. The van der Waals surface area contributed by atoms with Gasteiger partial charge in [-0.15, -0.1) is 0 Å². The van der Waals surface area contributed by atoms with Gasteiger partial charge in [0.2, 0.25) is 5.71 Å². The van der Waals surface area contributed by atoms with Crippen molar-refractivity contribution in [2.45, 2.75) is 26.7 Å². The largest absolute Gasteiger partial charge is 0.438 e. The fraction of sp³-hybridized carbons (Fsp3) is 0.185. The molecule has 0 aliphatic rings. The quantitative estimate of drug-likeness (QED) is 0.318. The van der Waals surface area contributed by atoms with Crippen molar-refractivity contribution >= 4 is 22.1 Å². The third kappa shape index (κ3) is 3.17. The maximum atomic E-state index is 6.15. The Labute approximate surface area is 176 Å². The number of benzene rings is 3. The minimum absolute atomic E-state index is 0.235. The Balaban J connectivity index is 1.79. The van der Waals surface area contributed by atoms with E-state index in [0.29, 0.717) is 11.6 Å². The lowest BCUT2D eigenvalue weighted by Crippen LogP contribution is -2.08. The molecule has 0 saturated heterocycles. The Kier molecular flexibility index (Phi) is 4.59. The molecule has 0 aliphatic heterocycles. The van der Waals surface area contributed by atoms with Gasteiger partial charge in [-0.05, 0) is 29.2 Å². The van der Waals surface area contributed by atoms with Crippen molar-refractivity contribution in [1.82, 2.24) is 9.97 Å². The Morgan fingerprint density at radius 1 is 0.700 bits per heavy atom. The number of hydrogen-bond donors (Lipinski definition) is 0. The molecule has 3 aromatic carbocycles. The highest BCUT2D eigenvalue weighted by atomic mass is 16.3. The van der Waals surface area contributed by atoms with E-state index in [1.807, 2.05) is 24.3 Å². The van der Waals surface area contributed by atoms with Crippen LogP contribution in [0.25, 0.3) is 44.5 Å². The molecule has 1 atom stereocenters. The summed E-state index contributed by atoms with van der Waals surface area (Å²) in [6.07, 6.45) is 0. The minimum atomic E-state index is 0.235. The van der Waals surface area contributed by atoms with Gasteiger partial charge in [-0.25, -0.2) is 4.98 Å². The zero-order chi connectivity index (χ0) is 20.7. The lowest BCUT2D eigenvalue weighted by atomic mass is 9.96. The van der Waals surface area contributed by atoms with Gasteiger partial charge in [0.15, 0.2) is 0 Å². The second kappa shape index (κ2) is 7.42. The van der Waals surface area contributed by atoms with Crippen LogP contribution in [0.15, 0.2) is 83.3 Å². The molecule has 0 amide bonds. The number of fused-ring (bicyclic) bond motifs is 3. The predicted molar refractivity (Wildman–Crippen MR) is 123 cm³/mol. The first-order valence-corrected chi connectivity index (χ1v) is 10.5. The van der Waals surface area contributed by atoms with E-state index < -0.39 is 0 Å². The van der Waals surface area contributed by atoms with Gasteiger partial charge in [-0.2, -0.15) is 4.98 Å². The van der Waals surface area contributed by atoms with Crippen molar-refractivity contribution in [2.75, 3.05) is 0 Å². The number of hydrogen-bond acceptors (Lipinski definition) is 3. The third-order valence-corrected chi connectivity index (χ3v) is 5.91. The van der Waals surface area contributed by atoms with Crippen molar-refractivity contribution in [3.63, 3.8) is 0 Å². The first-order valence-electron chi connectivity index (χ1n) is 10.5. The summed E-state index contributed by atoms with van der Waals surface area (Å²) in [7, 11) is 0. The summed E-state index contributed by atoms with van der Waals surface area (Å²) < 4.78 is 6.15. The summed E-state index contributed by atoms with van der Waals surface area (Å²) in [6.45, 7) is 6.58. The molecule has 0 bridgehead atoms. The molecule has 0 aliphatic carbocycles. The van der Waals surface area contributed by atoms with Crippen molar-refractivity contribution in [3.05, 3.63) is 84.7 Å². The molecule has 0 spiro atoms. The highest BCUT2D eigenvalue weighted by Crippen LogP contribution is 2.37. The molecule has 2 aromatic heterocycles. The van der Waals surface area contributed by atoms with Gasteiger partial charge in [-0.1, -0.05) is 87.5 Å². The normalized spacial score (nSPS) is 12.7. The van der Waals surface area contributed by atoms with E-state index in [9.17, 15) is 0 Å². The van der Waals surface area contributed by atoms with E-state index in [1.54, 1.807) is 0 Å². The average molecular weight is 393 g/mol. The molecule has 0 radical (unpaired) electrons. The van der Waals surface area contributed by atoms with Crippen molar-refractivity contribution in [2.24, 2.45) is 5.92 Å². The number of aromatic nitrogens is 2. The van der Waals surface area contributed by atoms with E-state index in [2.05, 4.69) is 75.4 Å². The molecule has 30 heavy (non-hydrogen) atoms. The molecule has 1 unspecified atom stereocenters. The Morgan fingerprint density at radius 3 is 2.20 bits per heavy atom. The number of para-hydroxylation sites is 1. The summed E-state index contributed by atoms with van der Waals surface area (Å²) in [5, 5.41) is 2.03. The Morgan fingerprint density at radius 2 is 1.40 bits per heavy atom. The molecule has 3 heteroatoms. The fourth-order valence-electron chi connectivity index (χ4n) is 3.83. The smallest absolute Gasteiger partial charge is 0.231 e. The molecule has 0 fully saturated rings. The Bertz CT molecular complexity index is 1340. The summed E-state index contributed by atoms with van der Waals surface area (Å²) in [6, 6.07) is 27.1. The van der Waals surface area contributed by atoms with E-state index in [-0.39, 0.29) is 5.92 Å². The molecule has 3 nitrogen and oxygen atoms in total. The number of nitrogens with zero attached hydrogens (tertiary/aromatic N) is 2. The standard InChI is InChI=1S/C27H24N2O/c1-17(2)18(3)26-28-25(24-22-14-7-8-15-23(22)30-27(24)29-26)21-13-9-12-20(16-21)19-10-5-4-6-11-19/h4-18H,1-3H3. The van der Waals surface area contributed by atoms with Gasteiger partial charge in [0.25, 0.3) is 0 Å². The van der Waals surface area contributed by atoms with Gasteiger partial charge in [0.1, 0.15) is 11.4 Å². The molecular formula is C27H24N2O. The van der Waals surface area contributed by atoms with Gasteiger partial charge >= 0.3 is 0 Å². The predicted octanol–water partition coefficient (Wildman–Crippen LogP) is 7.47. The van der Waals surface area contributed by atoms with E-state index in [1.165, 1.54) is 11.1 Å². The van der Waals surface area contributed by atoms with Crippen molar-refractivity contribution < 1.29 is 4.42 Å². The molecule has 5 rings (SSSR count). The highest BCUT2D eigenvalue weighted by Gasteiger charge is 2.21. The van der Waals surface area contributed by atoms with Gasteiger partial charge in [0.05, 0.1) is 11.1 Å². The van der Waals surface area contributed by atoms with Crippen LogP contribution in [0.3, 0.4) is 0 Å². The maximum absolute atomic E-state index is 6.15. The maximum Gasteiger partial charge on any atom is 0.231 e. The summed E-state index contributed by atoms with van der Waals surface area (Å²) in [4.78, 5) is 9.90. The zero-order valence-electron chi connectivity index (χ0n) is 17.5.